The molecule has 2 rings (SSSR count). The Labute approximate surface area is 116 Å². The van der Waals surface area contributed by atoms with Crippen molar-refractivity contribution in [3.05, 3.63) is 16.4 Å². The third-order valence-corrected chi connectivity index (χ3v) is 4.13. The Morgan fingerprint density at radius 2 is 2.11 bits per heavy atom. The molecule has 100 valence electrons. The molecule has 5 nitrogen and oxygen atoms in total. The lowest BCUT2D eigenvalue weighted by molar-refractivity contribution is -0.902. The minimum atomic E-state index is 0.0939. The number of carbonyl (C=O) groups excluding carboxylic acids is 1. The van der Waals surface area contributed by atoms with Gasteiger partial charge in [0.05, 0.1) is 43.4 Å². The maximum Gasteiger partial charge on any atom is 0.273 e. The van der Waals surface area contributed by atoms with Gasteiger partial charge >= 0.3 is 0 Å². The molecule has 1 saturated heterocycles. The van der Waals surface area contributed by atoms with E-state index in [1.807, 2.05) is 11.8 Å². The fourth-order valence-corrected chi connectivity index (χ4v) is 2.81. The maximum atomic E-state index is 12.5. The molecule has 1 aromatic heterocycles. The standard InChI is InChI=1S/C12H19BrN4O/c1-3-15-5-7-16(8-6-15)12(18)11-10(13)9-14-17(11)4-2/h9H,3-8H2,1-2H3/p+1. The molecule has 1 aliphatic heterocycles. The van der Waals surface area contributed by atoms with Gasteiger partial charge in [0.15, 0.2) is 0 Å². The minimum Gasteiger partial charge on any atom is -0.332 e. The van der Waals surface area contributed by atoms with E-state index in [0.717, 1.165) is 37.2 Å². The Balaban J connectivity index is 2.10. The second kappa shape index (κ2) is 5.84. The lowest BCUT2D eigenvalue weighted by atomic mass is 10.2. The van der Waals surface area contributed by atoms with Gasteiger partial charge in [0.25, 0.3) is 5.91 Å². The average molecular weight is 316 g/mol. The second-order valence-corrected chi connectivity index (χ2v) is 5.41. The van der Waals surface area contributed by atoms with Crippen LogP contribution in [0.15, 0.2) is 10.7 Å². The van der Waals surface area contributed by atoms with Gasteiger partial charge in [-0.05, 0) is 29.8 Å². The fourth-order valence-electron chi connectivity index (χ4n) is 2.34. The molecule has 0 bridgehead atoms. The van der Waals surface area contributed by atoms with Crippen LogP contribution in [0.2, 0.25) is 0 Å². The smallest absolute Gasteiger partial charge is 0.273 e. The summed E-state index contributed by atoms with van der Waals surface area (Å²) in [6.45, 7) is 9.79. The van der Waals surface area contributed by atoms with Crippen molar-refractivity contribution in [1.29, 1.82) is 0 Å². The van der Waals surface area contributed by atoms with Crippen molar-refractivity contribution < 1.29 is 9.69 Å². The van der Waals surface area contributed by atoms with Gasteiger partial charge in [-0.1, -0.05) is 0 Å². The van der Waals surface area contributed by atoms with E-state index in [-0.39, 0.29) is 5.91 Å². The SMILES string of the molecule is CCn1ncc(Br)c1C(=O)N1CC[NH+](CC)CC1. The molecule has 6 heteroatoms. The van der Waals surface area contributed by atoms with Crippen LogP contribution in [-0.2, 0) is 6.54 Å². The Kier molecular flexibility index (Phi) is 4.40. The molecule has 0 saturated carbocycles. The summed E-state index contributed by atoms with van der Waals surface area (Å²) in [6.07, 6.45) is 1.70. The normalized spacial score (nSPS) is 17.2. The van der Waals surface area contributed by atoms with E-state index in [9.17, 15) is 4.79 Å². The number of rotatable bonds is 3. The molecule has 1 fully saturated rings. The van der Waals surface area contributed by atoms with Crippen molar-refractivity contribution in [2.75, 3.05) is 32.7 Å². The van der Waals surface area contributed by atoms with Crippen LogP contribution in [0.4, 0.5) is 0 Å². The van der Waals surface area contributed by atoms with Gasteiger partial charge in [-0.15, -0.1) is 0 Å². The van der Waals surface area contributed by atoms with Crippen LogP contribution in [-0.4, -0.2) is 53.3 Å². The van der Waals surface area contributed by atoms with Crippen LogP contribution in [0.5, 0.6) is 0 Å². The fraction of sp³-hybridized carbons (Fsp3) is 0.667. The summed E-state index contributed by atoms with van der Waals surface area (Å²) in [5.41, 5.74) is 0.678. The van der Waals surface area contributed by atoms with Crippen molar-refractivity contribution in [1.82, 2.24) is 14.7 Å². The van der Waals surface area contributed by atoms with Crippen molar-refractivity contribution in [3.63, 3.8) is 0 Å². The molecule has 1 aliphatic rings. The number of likely N-dealkylation sites (N-methyl/N-ethyl adjacent to an activating group) is 1. The van der Waals surface area contributed by atoms with Gasteiger partial charge < -0.3 is 9.80 Å². The molecular weight excluding hydrogens is 296 g/mol. The Bertz CT molecular complexity index is 424. The molecule has 0 radical (unpaired) electrons. The zero-order valence-corrected chi connectivity index (χ0v) is 12.5. The molecule has 18 heavy (non-hydrogen) atoms. The molecule has 1 N–H and O–H groups in total. The number of piperazine rings is 1. The third-order valence-electron chi connectivity index (χ3n) is 3.55. The molecular formula is C12H20BrN4O+. The van der Waals surface area contributed by atoms with Gasteiger partial charge in [-0.3, -0.25) is 9.48 Å². The highest BCUT2D eigenvalue weighted by Crippen LogP contribution is 2.18. The van der Waals surface area contributed by atoms with Gasteiger partial charge in [0.2, 0.25) is 0 Å². The quantitative estimate of drug-likeness (QED) is 0.855. The van der Waals surface area contributed by atoms with Gasteiger partial charge in [0.1, 0.15) is 5.69 Å². The lowest BCUT2D eigenvalue weighted by Gasteiger charge is -2.31. The molecule has 0 aromatic carbocycles. The predicted octanol–water partition coefficient (Wildman–Crippen LogP) is 0.0261. The first-order valence-corrected chi connectivity index (χ1v) is 7.30. The maximum absolute atomic E-state index is 12.5. The van der Waals surface area contributed by atoms with Crippen LogP contribution in [0.25, 0.3) is 0 Å². The number of hydrogen-bond acceptors (Lipinski definition) is 2. The van der Waals surface area contributed by atoms with Crippen LogP contribution < -0.4 is 4.90 Å². The molecule has 0 atom stereocenters. The number of carbonyl (C=O) groups is 1. The van der Waals surface area contributed by atoms with Crippen LogP contribution in [0, 0.1) is 0 Å². The summed E-state index contributed by atoms with van der Waals surface area (Å²) >= 11 is 3.41. The minimum absolute atomic E-state index is 0.0939. The van der Waals surface area contributed by atoms with E-state index in [1.54, 1.807) is 15.8 Å². The number of nitrogens with zero attached hydrogens (tertiary/aromatic N) is 3. The second-order valence-electron chi connectivity index (χ2n) is 4.55. The topological polar surface area (TPSA) is 42.6 Å². The largest absolute Gasteiger partial charge is 0.332 e. The van der Waals surface area contributed by atoms with Crippen molar-refractivity contribution in [2.45, 2.75) is 20.4 Å². The van der Waals surface area contributed by atoms with Gasteiger partial charge in [0, 0.05) is 6.54 Å². The summed E-state index contributed by atoms with van der Waals surface area (Å²) in [7, 11) is 0. The number of aryl methyl sites for hydroxylation is 1. The first-order chi connectivity index (χ1) is 8.67. The van der Waals surface area contributed by atoms with Gasteiger partial charge in [-0.25, -0.2) is 0 Å². The first-order valence-electron chi connectivity index (χ1n) is 6.51. The number of quaternary nitrogens is 1. The number of hydrogen-bond donors (Lipinski definition) is 1. The van der Waals surface area contributed by atoms with E-state index in [4.69, 9.17) is 0 Å². The number of amides is 1. The highest BCUT2D eigenvalue weighted by molar-refractivity contribution is 9.10. The highest BCUT2D eigenvalue weighted by atomic mass is 79.9. The lowest BCUT2D eigenvalue weighted by Crippen LogP contribution is -3.14. The first kappa shape index (κ1) is 13.5. The number of aromatic nitrogens is 2. The summed E-state index contributed by atoms with van der Waals surface area (Å²) in [5, 5.41) is 4.20. The van der Waals surface area contributed by atoms with Crippen LogP contribution in [0.3, 0.4) is 0 Å². The molecule has 2 heterocycles. The van der Waals surface area contributed by atoms with E-state index >= 15 is 0 Å². The summed E-state index contributed by atoms with van der Waals surface area (Å²) < 4.78 is 2.55. The molecule has 1 aromatic rings. The van der Waals surface area contributed by atoms with Crippen molar-refractivity contribution in [2.24, 2.45) is 0 Å². The van der Waals surface area contributed by atoms with Crippen LogP contribution in [0.1, 0.15) is 24.3 Å². The predicted molar refractivity (Wildman–Crippen MR) is 72.7 cm³/mol. The van der Waals surface area contributed by atoms with E-state index in [2.05, 4.69) is 28.0 Å². The van der Waals surface area contributed by atoms with E-state index < -0.39 is 0 Å². The Morgan fingerprint density at radius 3 is 2.67 bits per heavy atom. The van der Waals surface area contributed by atoms with Crippen molar-refractivity contribution in [3.8, 4) is 0 Å². The molecule has 0 aliphatic carbocycles. The van der Waals surface area contributed by atoms with E-state index in [0.29, 0.717) is 12.2 Å². The molecule has 0 unspecified atom stereocenters. The zero-order chi connectivity index (χ0) is 13.1. The molecule has 1 amide bonds. The average Bonchev–Trinajstić information content (AvgIpc) is 2.79. The van der Waals surface area contributed by atoms with Crippen LogP contribution >= 0.6 is 15.9 Å². The zero-order valence-electron chi connectivity index (χ0n) is 10.9. The summed E-state index contributed by atoms with van der Waals surface area (Å²) in [4.78, 5) is 16.0. The number of nitrogens with one attached hydrogen (secondary N) is 1. The van der Waals surface area contributed by atoms with Crippen molar-refractivity contribution >= 4 is 21.8 Å². The van der Waals surface area contributed by atoms with E-state index in [1.165, 1.54) is 0 Å². The summed E-state index contributed by atoms with van der Waals surface area (Å²) in [6, 6.07) is 0. The highest BCUT2D eigenvalue weighted by Gasteiger charge is 2.27. The monoisotopic (exact) mass is 315 g/mol. The Morgan fingerprint density at radius 1 is 1.44 bits per heavy atom. The summed E-state index contributed by atoms with van der Waals surface area (Å²) in [5.74, 6) is 0.0939. The number of halogens is 1. The third kappa shape index (κ3) is 2.59. The molecule has 0 spiro atoms. The van der Waals surface area contributed by atoms with Gasteiger partial charge in [-0.2, -0.15) is 5.10 Å². The Hall–Kier alpha value is -0.880.